The first-order valence-corrected chi connectivity index (χ1v) is 5.64. The first-order chi connectivity index (χ1) is 8.76. The van der Waals surface area contributed by atoms with E-state index in [2.05, 4.69) is 5.32 Å². The SMILES string of the molecule is COC(C)(C)CNc1cc(C(N)=O)ccc1[N+](=O)[O-]. The van der Waals surface area contributed by atoms with Crippen LogP contribution in [0.2, 0.25) is 0 Å². The van der Waals surface area contributed by atoms with Gasteiger partial charge in [-0.15, -0.1) is 0 Å². The zero-order chi connectivity index (χ0) is 14.6. The van der Waals surface area contributed by atoms with E-state index in [1.165, 1.54) is 18.2 Å². The zero-order valence-electron chi connectivity index (χ0n) is 11.1. The van der Waals surface area contributed by atoms with E-state index in [-0.39, 0.29) is 16.9 Å². The fraction of sp³-hybridized carbons (Fsp3) is 0.417. The molecule has 0 radical (unpaired) electrons. The van der Waals surface area contributed by atoms with Crippen molar-refractivity contribution in [3.05, 3.63) is 33.9 Å². The number of anilines is 1. The van der Waals surface area contributed by atoms with Crippen LogP contribution in [-0.4, -0.2) is 30.1 Å². The normalized spacial score (nSPS) is 11.1. The van der Waals surface area contributed by atoms with E-state index in [1.54, 1.807) is 7.11 Å². The Hall–Kier alpha value is -2.15. The van der Waals surface area contributed by atoms with E-state index in [9.17, 15) is 14.9 Å². The van der Waals surface area contributed by atoms with Gasteiger partial charge >= 0.3 is 0 Å². The highest BCUT2D eigenvalue weighted by molar-refractivity contribution is 5.94. The molecule has 0 aromatic heterocycles. The summed E-state index contributed by atoms with van der Waals surface area (Å²) in [4.78, 5) is 21.5. The minimum absolute atomic E-state index is 0.114. The molecule has 19 heavy (non-hydrogen) atoms. The second-order valence-corrected chi connectivity index (χ2v) is 4.67. The van der Waals surface area contributed by atoms with E-state index >= 15 is 0 Å². The number of carbonyl (C=O) groups is 1. The molecule has 1 aromatic rings. The number of nitrogens with two attached hydrogens (primary N) is 1. The quantitative estimate of drug-likeness (QED) is 0.600. The van der Waals surface area contributed by atoms with Gasteiger partial charge in [0, 0.05) is 25.3 Å². The second-order valence-electron chi connectivity index (χ2n) is 4.67. The van der Waals surface area contributed by atoms with Crippen LogP contribution in [0.4, 0.5) is 11.4 Å². The molecule has 0 aliphatic carbocycles. The predicted molar refractivity (Wildman–Crippen MR) is 71.2 cm³/mol. The molecule has 1 amide bonds. The van der Waals surface area contributed by atoms with Crippen molar-refractivity contribution in [2.24, 2.45) is 5.73 Å². The summed E-state index contributed by atoms with van der Waals surface area (Å²) in [7, 11) is 1.55. The lowest BCUT2D eigenvalue weighted by molar-refractivity contribution is -0.384. The van der Waals surface area contributed by atoms with Crippen LogP contribution < -0.4 is 11.1 Å². The molecular formula is C12H17N3O4. The van der Waals surface area contributed by atoms with Crippen molar-refractivity contribution in [2.75, 3.05) is 19.0 Å². The van der Waals surface area contributed by atoms with Crippen LogP contribution >= 0.6 is 0 Å². The standard InChI is InChI=1S/C12H17N3O4/c1-12(2,19-3)7-14-9-6-8(11(13)16)4-5-10(9)15(17)18/h4-6,14H,7H2,1-3H3,(H2,13,16). The average Bonchev–Trinajstić information content (AvgIpc) is 2.35. The Morgan fingerprint density at radius 3 is 2.63 bits per heavy atom. The summed E-state index contributed by atoms with van der Waals surface area (Å²) in [6.07, 6.45) is 0. The molecule has 0 aliphatic rings. The van der Waals surface area contributed by atoms with Gasteiger partial charge in [-0.3, -0.25) is 14.9 Å². The van der Waals surface area contributed by atoms with E-state index in [0.717, 1.165) is 0 Å². The van der Waals surface area contributed by atoms with Crippen LogP contribution in [-0.2, 0) is 4.74 Å². The van der Waals surface area contributed by atoms with Gasteiger partial charge in [0.15, 0.2) is 0 Å². The van der Waals surface area contributed by atoms with E-state index in [0.29, 0.717) is 6.54 Å². The molecule has 0 fully saturated rings. The monoisotopic (exact) mass is 267 g/mol. The number of amides is 1. The first-order valence-electron chi connectivity index (χ1n) is 5.64. The van der Waals surface area contributed by atoms with Crippen LogP contribution in [0.1, 0.15) is 24.2 Å². The van der Waals surface area contributed by atoms with Crippen LogP contribution in [0, 0.1) is 10.1 Å². The number of nitrogens with zero attached hydrogens (tertiary/aromatic N) is 1. The van der Waals surface area contributed by atoms with Gasteiger partial charge in [0.2, 0.25) is 5.91 Å². The largest absolute Gasteiger partial charge is 0.377 e. The number of hydrogen-bond acceptors (Lipinski definition) is 5. The zero-order valence-corrected chi connectivity index (χ0v) is 11.1. The topological polar surface area (TPSA) is 107 Å². The number of benzene rings is 1. The Morgan fingerprint density at radius 2 is 2.16 bits per heavy atom. The van der Waals surface area contributed by atoms with Crippen molar-refractivity contribution >= 4 is 17.3 Å². The third-order valence-electron chi connectivity index (χ3n) is 2.73. The Morgan fingerprint density at radius 1 is 1.53 bits per heavy atom. The molecule has 1 rings (SSSR count). The molecule has 1 aromatic carbocycles. The Balaban J connectivity index is 3.04. The minimum atomic E-state index is -0.635. The summed E-state index contributed by atoms with van der Waals surface area (Å²) in [6, 6.07) is 3.95. The maximum atomic E-state index is 11.1. The number of nitrogens with one attached hydrogen (secondary N) is 1. The van der Waals surface area contributed by atoms with Gasteiger partial charge in [-0.2, -0.15) is 0 Å². The number of nitro benzene ring substituents is 1. The van der Waals surface area contributed by atoms with E-state index < -0.39 is 16.4 Å². The summed E-state index contributed by atoms with van der Waals surface area (Å²) >= 11 is 0. The highest BCUT2D eigenvalue weighted by atomic mass is 16.6. The fourth-order valence-corrected chi connectivity index (χ4v) is 1.37. The number of carbonyl (C=O) groups excluding carboxylic acids is 1. The number of primary amides is 1. The highest BCUT2D eigenvalue weighted by Gasteiger charge is 2.20. The molecule has 0 aliphatic heterocycles. The van der Waals surface area contributed by atoms with Gasteiger partial charge in [-0.05, 0) is 26.0 Å². The van der Waals surface area contributed by atoms with Crippen LogP contribution in [0.15, 0.2) is 18.2 Å². The fourth-order valence-electron chi connectivity index (χ4n) is 1.37. The Kier molecular flexibility index (Phi) is 4.44. The molecule has 0 bridgehead atoms. The van der Waals surface area contributed by atoms with Gasteiger partial charge in [-0.25, -0.2) is 0 Å². The lowest BCUT2D eigenvalue weighted by Gasteiger charge is -2.23. The maximum Gasteiger partial charge on any atom is 0.292 e. The van der Waals surface area contributed by atoms with Gasteiger partial charge in [0.1, 0.15) is 5.69 Å². The summed E-state index contributed by atoms with van der Waals surface area (Å²) in [6.45, 7) is 4.03. The third kappa shape index (κ3) is 3.92. The van der Waals surface area contributed by atoms with Gasteiger partial charge in [-0.1, -0.05) is 0 Å². The molecule has 7 heteroatoms. The van der Waals surface area contributed by atoms with Crippen molar-refractivity contribution in [3.63, 3.8) is 0 Å². The van der Waals surface area contributed by atoms with Crippen LogP contribution in [0.5, 0.6) is 0 Å². The molecule has 0 spiro atoms. The highest BCUT2D eigenvalue weighted by Crippen LogP contribution is 2.26. The lowest BCUT2D eigenvalue weighted by Crippen LogP contribution is -2.32. The number of hydrogen-bond donors (Lipinski definition) is 2. The molecular weight excluding hydrogens is 250 g/mol. The number of methoxy groups -OCH3 is 1. The first kappa shape index (κ1) is 14.9. The number of rotatable bonds is 6. The van der Waals surface area contributed by atoms with Crippen molar-refractivity contribution in [3.8, 4) is 0 Å². The minimum Gasteiger partial charge on any atom is -0.377 e. The lowest BCUT2D eigenvalue weighted by atomic mass is 10.1. The molecule has 3 N–H and O–H groups in total. The summed E-state index contributed by atoms with van der Waals surface area (Å²) in [5, 5.41) is 13.8. The Bertz CT molecular complexity index is 500. The van der Waals surface area contributed by atoms with Gasteiger partial charge < -0.3 is 15.8 Å². The second kappa shape index (κ2) is 5.66. The summed E-state index contributed by atoms with van der Waals surface area (Å²) in [5.41, 5.74) is 5.01. The summed E-state index contributed by atoms with van der Waals surface area (Å²) in [5.74, 6) is -0.635. The third-order valence-corrected chi connectivity index (χ3v) is 2.73. The predicted octanol–water partition coefficient (Wildman–Crippen LogP) is 1.53. The molecule has 0 atom stereocenters. The van der Waals surface area contributed by atoms with Crippen molar-refractivity contribution in [1.29, 1.82) is 0 Å². The van der Waals surface area contributed by atoms with Crippen molar-refractivity contribution in [2.45, 2.75) is 19.4 Å². The average molecular weight is 267 g/mol. The smallest absolute Gasteiger partial charge is 0.292 e. The maximum absolute atomic E-state index is 11.1. The molecule has 104 valence electrons. The molecule has 0 saturated carbocycles. The van der Waals surface area contributed by atoms with Gasteiger partial charge in [0.05, 0.1) is 10.5 Å². The summed E-state index contributed by atoms with van der Waals surface area (Å²) < 4.78 is 5.21. The number of nitro groups is 1. The molecule has 0 unspecified atom stereocenters. The van der Waals surface area contributed by atoms with Crippen LogP contribution in [0.3, 0.4) is 0 Å². The molecule has 7 nitrogen and oxygen atoms in total. The van der Waals surface area contributed by atoms with Gasteiger partial charge in [0.25, 0.3) is 5.69 Å². The molecule has 0 saturated heterocycles. The van der Waals surface area contributed by atoms with Crippen molar-refractivity contribution < 1.29 is 14.5 Å². The molecule has 0 heterocycles. The Labute approximate surface area is 110 Å². The van der Waals surface area contributed by atoms with E-state index in [1.807, 2.05) is 13.8 Å². The van der Waals surface area contributed by atoms with Crippen LogP contribution in [0.25, 0.3) is 0 Å². The van der Waals surface area contributed by atoms with Crippen molar-refractivity contribution in [1.82, 2.24) is 0 Å². The van der Waals surface area contributed by atoms with E-state index in [4.69, 9.17) is 10.5 Å². The number of ether oxygens (including phenoxy) is 1.